The number of rotatable bonds is 2. The number of benzene rings is 2. The Hall–Kier alpha value is -2.04. The first-order chi connectivity index (χ1) is 12.2. The summed E-state index contributed by atoms with van der Waals surface area (Å²) in [6.07, 6.45) is 0.886. The standard InChI is InChI=1S/C20H22ClN3O/c1-14-13-25-11-10-20(14)19(22-12-15-6-2-3-7-16(15)21)23-17-8-4-5-9-18(17)24-20/h2-9,14,24H,10-13H2,1H3,(H,22,23). The van der Waals surface area contributed by atoms with Crippen molar-refractivity contribution in [1.82, 2.24) is 0 Å². The van der Waals surface area contributed by atoms with Crippen molar-refractivity contribution >= 4 is 28.8 Å². The van der Waals surface area contributed by atoms with Crippen LogP contribution in [-0.4, -0.2) is 24.6 Å². The van der Waals surface area contributed by atoms with Gasteiger partial charge < -0.3 is 15.4 Å². The minimum atomic E-state index is -0.228. The smallest absolute Gasteiger partial charge is 0.128 e. The first kappa shape index (κ1) is 16.4. The Morgan fingerprint density at radius 2 is 1.92 bits per heavy atom. The lowest BCUT2D eigenvalue weighted by Crippen LogP contribution is -2.60. The number of anilines is 2. The Kier molecular flexibility index (Phi) is 4.40. The molecule has 0 bridgehead atoms. The summed E-state index contributed by atoms with van der Waals surface area (Å²) in [5, 5.41) is 8.08. The molecule has 130 valence electrons. The zero-order chi connectivity index (χ0) is 17.3. The number of para-hydroxylation sites is 2. The third-order valence-corrected chi connectivity index (χ3v) is 5.54. The van der Waals surface area contributed by atoms with Gasteiger partial charge in [-0.25, -0.2) is 0 Å². The van der Waals surface area contributed by atoms with Crippen LogP contribution in [0.1, 0.15) is 18.9 Å². The number of amidine groups is 1. The summed E-state index contributed by atoms with van der Waals surface area (Å²) in [5.74, 6) is 1.29. The van der Waals surface area contributed by atoms with Crippen LogP contribution >= 0.6 is 11.6 Å². The lowest BCUT2D eigenvalue weighted by atomic mass is 9.78. The summed E-state index contributed by atoms with van der Waals surface area (Å²) in [6.45, 7) is 4.22. The van der Waals surface area contributed by atoms with E-state index >= 15 is 0 Å². The zero-order valence-corrected chi connectivity index (χ0v) is 15.0. The second-order valence-corrected chi connectivity index (χ2v) is 7.16. The van der Waals surface area contributed by atoms with Gasteiger partial charge >= 0.3 is 0 Å². The molecule has 2 aliphatic rings. The molecule has 5 heteroatoms. The van der Waals surface area contributed by atoms with Crippen molar-refractivity contribution in [3.05, 3.63) is 59.1 Å². The number of hydrogen-bond donors (Lipinski definition) is 2. The Morgan fingerprint density at radius 3 is 2.72 bits per heavy atom. The summed E-state index contributed by atoms with van der Waals surface area (Å²) in [7, 11) is 0. The van der Waals surface area contributed by atoms with Crippen LogP contribution in [0.3, 0.4) is 0 Å². The summed E-state index contributed by atoms with van der Waals surface area (Å²) in [5.41, 5.74) is 2.98. The molecule has 2 atom stereocenters. The molecule has 0 aromatic heterocycles. The molecule has 2 aromatic rings. The molecule has 0 radical (unpaired) electrons. The van der Waals surface area contributed by atoms with E-state index in [-0.39, 0.29) is 5.54 Å². The fraction of sp³-hybridized carbons (Fsp3) is 0.350. The first-order valence-electron chi connectivity index (χ1n) is 8.69. The highest BCUT2D eigenvalue weighted by molar-refractivity contribution is 6.31. The van der Waals surface area contributed by atoms with Gasteiger partial charge in [0.2, 0.25) is 0 Å². The van der Waals surface area contributed by atoms with Gasteiger partial charge in [0.15, 0.2) is 0 Å². The third kappa shape index (κ3) is 3.00. The number of ether oxygens (including phenoxy) is 1. The van der Waals surface area contributed by atoms with E-state index in [9.17, 15) is 0 Å². The van der Waals surface area contributed by atoms with Crippen LogP contribution in [0.5, 0.6) is 0 Å². The lowest BCUT2D eigenvalue weighted by Gasteiger charge is -2.47. The highest BCUT2D eigenvalue weighted by Crippen LogP contribution is 2.39. The van der Waals surface area contributed by atoms with Gasteiger partial charge in [0.1, 0.15) is 11.4 Å². The molecule has 0 amide bonds. The van der Waals surface area contributed by atoms with Crippen molar-refractivity contribution in [1.29, 1.82) is 0 Å². The normalized spacial score (nSPS) is 26.8. The first-order valence-corrected chi connectivity index (χ1v) is 9.07. The summed E-state index contributed by atoms with van der Waals surface area (Å²) < 4.78 is 5.68. The number of halogens is 1. The van der Waals surface area contributed by atoms with Crippen LogP contribution in [0.4, 0.5) is 11.4 Å². The van der Waals surface area contributed by atoms with Gasteiger partial charge in [0, 0.05) is 24.0 Å². The third-order valence-electron chi connectivity index (χ3n) is 5.18. The summed E-state index contributed by atoms with van der Waals surface area (Å²) in [6, 6.07) is 16.1. The minimum Gasteiger partial charge on any atom is -0.381 e. The quantitative estimate of drug-likeness (QED) is 0.829. The second kappa shape index (κ2) is 6.70. The molecular formula is C20H22ClN3O. The molecule has 2 unspecified atom stereocenters. The van der Waals surface area contributed by atoms with Crippen LogP contribution in [0, 0.1) is 5.92 Å². The highest BCUT2D eigenvalue weighted by Gasteiger charge is 2.46. The van der Waals surface area contributed by atoms with E-state index in [0.717, 1.165) is 47.4 Å². The Labute approximate surface area is 153 Å². The number of nitrogens with zero attached hydrogens (tertiary/aromatic N) is 1. The topological polar surface area (TPSA) is 45.6 Å². The Bertz CT molecular complexity index is 807. The van der Waals surface area contributed by atoms with Gasteiger partial charge in [-0.1, -0.05) is 48.9 Å². The maximum Gasteiger partial charge on any atom is 0.128 e. The maximum atomic E-state index is 6.30. The molecule has 4 nitrogen and oxygen atoms in total. The van der Waals surface area contributed by atoms with Gasteiger partial charge in [-0.05, 0) is 23.8 Å². The molecule has 0 saturated carbocycles. The monoisotopic (exact) mass is 355 g/mol. The number of fused-ring (bicyclic) bond motifs is 1. The Morgan fingerprint density at radius 1 is 1.16 bits per heavy atom. The number of aliphatic imine (C=N–C) groups is 1. The highest BCUT2D eigenvalue weighted by atomic mass is 35.5. The average molecular weight is 356 g/mol. The van der Waals surface area contributed by atoms with Crippen molar-refractivity contribution in [3.8, 4) is 0 Å². The van der Waals surface area contributed by atoms with Gasteiger partial charge in [-0.3, -0.25) is 4.99 Å². The number of hydrogen-bond acceptors (Lipinski definition) is 3. The molecule has 2 heterocycles. The summed E-state index contributed by atoms with van der Waals surface area (Å²) >= 11 is 6.30. The predicted octanol–water partition coefficient (Wildman–Crippen LogP) is 4.57. The van der Waals surface area contributed by atoms with E-state index in [0.29, 0.717) is 12.5 Å². The molecule has 4 rings (SSSR count). The molecule has 25 heavy (non-hydrogen) atoms. The van der Waals surface area contributed by atoms with Gasteiger partial charge in [-0.2, -0.15) is 0 Å². The van der Waals surface area contributed by atoms with Crippen LogP contribution in [0.25, 0.3) is 0 Å². The van der Waals surface area contributed by atoms with Crippen molar-refractivity contribution in [2.45, 2.75) is 25.4 Å². The van der Waals surface area contributed by atoms with Crippen molar-refractivity contribution in [2.75, 3.05) is 23.8 Å². The van der Waals surface area contributed by atoms with E-state index in [1.54, 1.807) is 0 Å². The minimum absolute atomic E-state index is 0.228. The summed E-state index contributed by atoms with van der Waals surface area (Å²) in [4.78, 5) is 4.94. The molecule has 2 aromatic carbocycles. The van der Waals surface area contributed by atoms with E-state index in [2.05, 4.69) is 35.8 Å². The van der Waals surface area contributed by atoms with E-state index in [1.165, 1.54) is 0 Å². The SMILES string of the molecule is CC1COCCC12Nc1ccccc1NC2=NCc1ccccc1Cl. The number of nitrogens with one attached hydrogen (secondary N) is 2. The molecule has 1 spiro atoms. The van der Waals surface area contributed by atoms with Gasteiger partial charge in [0.25, 0.3) is 0 Å². The fourth-order valence-electron chi connectivity index (χ4n) is 3.63. The molecular weight excluding hydrogens is 334 g/mol. The van der Waals surface area contributed by atoms with Crippen LogP contribution in [0.15, 0.2) is 53.5 Å². The van der Waals surface area contributed by atoms with Crippen LogP contribution < -0.4 is 10.6 Å². The molecule has 1 saturated heterocycles. The van der Waals surface area contributed by atoms with Crippen molar-refractivity contribution in [3.63, 3.8) is 0 Å². The lowest BCUT2D eigenvalue weighted by molar-refractivity contribution is 0.0382. The fourth-order valence-corrected chi connectivity index (χ4v) is 3.83. The average Bonchev–Trinajstić information content (AvgIpc) is 2.63. The van der Waals surface area contributed by atoms with E-state index in [1.807, 2.05) is 30.3 Å². The van der Waals surface area contributed by atoms with E-state index in [4.69, 9.17) is 21.3 Å². The van der Waals surface area contributed by atoms with E-state index < -0.39 is 0 Å². The van der Waals surface area contributed by atoms with Crippen molar-refractivity contribution < 1.29 is 4.74 Å². The Balaban J connectivity index is 1.72. The molecule has 2 N–H and O–H groups in total. The maximum absolute atomic E-state index is 6.30. The molecule has 1 fully saturated rings. The van der Waals surface area contributed by atoms with Crippen LogP contribution in [0.2, 0.25) is 5.02 Å². The van der Waals surface area contributed by atoms with Crippen molar-refractivity contribution in [2.24, 2.45) is 10.9 Å². The zero-order valence-electron chi connectivity index (χ0n) is 14.3. The molecule has 0 aliphatic carbocycles. The second-order valence-electron chi connectivity index (χ2n) is 6.75. The molecule has 2 aliphatic heterocycles. The predicted molar refractivity (Wildman–Crippen MR) is 104 cm³/mol. The van der Waals surface area contributed by atoms with Crippen LogP contribution in [-0.2, 0) is 11.3 Å². The largest absolute Gasteiger partial charge is 0.381 e. The van der Waals surface area contributed by atoms with Gasteiger partial charge in [0.05, 0.1) is 24.5 Å². The van der Waals surface area contributed by atoms with Gasteiger partial charge in [-0.15, -0.1) is 0 Å².